The Labute approximate surface area is 234 Å². The van der Waals surface area contributed by atoms with Crippen LogP contribution in [0.5, 0.6) is 0 Å². The number of imidazole rings is 1. The molecule has 6 nitrogen and oxygen atoms in total. The average molecular weight is 561 g/mol. The third-order valence-corrected chi connectivity index (χ3v) is 7.91. The van der Waals surface area contributed by atoms with Crippen molar-refractivity contribution in [3.05, 3.63) is 106 Å². The molecule has 0 saturated carbocycles. The number of aromatic nitrogens is 2. The highest BCUT2D eigenvalue weighted by Gasteiger charge is 2.25. The number of rotatable bonds is 6. The number of hydrogen-bond acceptors (Lipinski definition) is 4. The lowest BCUT2D eigenvalue weighted by atomic mass is 9.93. The Morgan fingerprint density at radius 3 is 2.36 bits per heavy atom. The van der Waals surface area contributed by atoms with Crippen molar-refractivity contribution < 1.29 is 14.0 Å². The highest BCUT2D eigenvalue weighted by Crippen LogP contribution is 2.35. The van der Waals surface area contributed by atoms with Crippen molar-refractivity contribution in [2.75, 3.05) is 7.05 Å². The summed E-state index contributed by atoms with van der Waals surface area (Å²) in [4.78, 5) is 32.4. The Bertz CT molecular complexity index is 1710. The zero-order valence-corrected chi connectivity index (χ0v) is 23.4. The number of halogens is 2. The van der Waals surface area contributed by atoms with Crippen LogP contribution in [0.4, 0.5) is 4.39 Å². The summed E-state index contributed by atoms with van der Waals surface area (Å²) in [6, 6.07) is 18.9. The SMILES string of the molecule is CNC(=O)c1c(-c2ccc(F)cc2)nc2sc(-c3cc(C(=O)NC(C)(C)c4ccc(Cl)cc4)ccc3C)cn12. The largest absolute Gasteiger partial charge is 0.354 e. The second kappa shape index (κ2) is 10.3. The summed E-state index contributed by atoms with van der Waals surface area (Å²) in [5.74, 6) is -0.873. The fourth-order valence-electron chi connectivity index (χ4n) is 4.44. The van der Waals surface area contributed by atoms with Crippen LogP contribution in [-0.4, -0.2) is 28.2 Å². The van der Waals surface area contributed by atoms with Crippen LogP contribution in [0.25, 0.3) is 26.7 Å². The minimum absolute atomic E-state index is 0.206. The predicted molar refractivity (Wildman–Crippen MR) is 154 cm³/mol. The maximum absolute atomic E-state index is 13.5. The average Bonchev–Trinajstić information content (AvgIpc) is 3.47. The second-order valence-corrected chi connectivity index (χ2v) is 11.2. The fourth-order valence-corrected chi connectivity index (χ4v) is 5.63. The van der Waals surface area contributed by atoms with E-state index in [0.29, 0.717) is 32.5 Å². The van der Waals surface area contributed by atoms with E-state index in [1.807, 2.05) is 51.2 Å². The third kappa shape index (κ3) is 5.17. The van der Waals surface area contributed by atoms with Crippen molar-refractivity contribution in [1.29, 1.82) is 0 Å². The van der Waals surface area contributed by atoms with Crippen LogP contribution in [0.15, 0.2) is 72.9 Å². The molecule has 2 amide bonds. The van der Waals surface area contributed by atoms with Gasteiger partial charge in [0.05, 0.1) is 10.4 Å². The quantitative estimate of drug-likeness (QED) is 0.238. The van der Waals surface area contributed by atoms with Crippen LogP contribution in [0.2, 0.25) is 5.02 Å². The molecule has 0 bridgehead atoms. The van der Waals surface area contributed by atoms with Crippen molar-refractivity contribution in [3.8, 4) is 21.7 Å². The van der Waals surface area contributed by atoms with Crippen LogP contribution in [0.3, 0.4) is 0 Å². The summed E-state index contributed by atoms with van der Waals surface area (Å²) < 4.78 is 15.2. The molecule has 2 aromatic heterocycles. The van der Waals surface area contributed by atoms with E-state index in [9.17, 15) is 14.0 Å². The zero-order chi connectivity index (χ0) is 27.9. The molecule has 0 atom stereocenters. The van der Waals surface area contributed by atoms with E-state index < -0.39 is 5.54 Å². The van der Waals surface area contributed by atoms with Crippen LogP contribution in [0, 0.1) is 12.7 Å². The van der Waals surface area contributed by atoms with E-state index in [2.05, 4.69) is 10.6 Å². The number of fused-ring (bicyclic) bond motifs is 1. The number of benzene rings is 3. The van der Waals surface area contributed by atoms with Gasteiger partial charge in [-0.1, -0.05) is 41.1 Å². The van der Waals surface area contributed by atoms with E-state index in [1.54, 1.807) is 41.8 Å². The van der Waals surface area contributed by atoms with Gasteiger partial charge in [-0.3, -0.25) is 14.0 Å². The van der Waals surface area contributed by atoms with Gasteiger partial charge in [-0.25, -0.2) is 9.37 Å². The smallest absolute Gasteiger partial charge is 0.270 e. The molecule has 0 aliphatic carbocycles. The molecule has 0 aliphatic heterocycles. The van der Waals surface area contributed by atoms with Crippen molar-refractivity contribution in [2.45, 2.75) is 26.3 Å². The monoisotopic (exact) mass is 560 g/mol. The minimum Gasteiger partial charge on any atom is -0.354 e. The topological polar surface area (TPSA) is 75.5 Å². The Balaban J connectivity index is 1.51. The van der Waals surface area contributed by atoms with Gasteiger partial charge in [0.1, 0.15) is 17.2 Å². The highest BCUT2D eigenvalue weighted by molar-refractivity contribution is 7.20. The van der Waals surface area contributed by atoms with E-state index in [4.69, 9.17) is 16.6 Å². The number of nitrogens with zero attached hydrogens (tertiary/aromatic N) is 2. The minimum atomic E-state index is -0.616. The molecular formula is C30H26ClFN4O2S. The molecule has 5 aromatic rings. The molecule has 198 valence electrons. The first-order valence-electron chi connectivity index (χ1n) is 12.3. The molecule has 0 fully saturated rings. The van der Waals surface area contributed by atoms with Crippen LogP contribution < -0.4 is 10.6 Å². The van der Waals surface area contributed by atoms with Gasteiger partial charge in [0, 0.05) is 29.4 Å². The molecule has 0 spiro atoms. The van der Waals surface area contributed by atoms with E-state index in [0.717, 1.165) is 21.6 Å². The van der Waals surface area contributed by atoms with Gasteiger partial charge in [-0.2, -0.15) is 0 Å². The molecule has 9 heteroatoms. The number of carbonyl (C=O) groups excluding carboxylic acids is 2. The van der Waals surface area contributed by atoms with Crippen LogP contribution in [0.1, 0.15) is 45.8 Å². The summed E-state index contributed by atoms with van der Waals surface area (Å²) in [5, 5.41) is 6.42. The van der Waals surface area contributed by atoms with Gasteiger partial charge in [-0.05, 0) is 86.0 Å². The third-order valence-electron chi connectivity index (χ3n) is 6.64. The Hall–Kier alpha value is -4.01. The van der Waals surface area contributed by atoms with Gasteiger partial charge in [0.15, 0.2) is 4.96 Å². The zero-order valence-electron chi connectivity index (χ0n) is 21.8. The normalized spacial score (nSPS) is 11.5. The number of amides is 2. The van der Waals surface area contributed by atoms with E-state index in [-0.39, 0.29) is 17.6 Å². The Morgan fingerprint density at radius 1 is 1.00 bits per heavy atom. The molecule has 39 heavy (non-hydrogen) atoms. The number of carbonyl (C=O) groups is 2. The number of thiazole rings is 1. The molecule has 3 aromatic carbocycles. The molecule has 2 heterocycles. The predicted octanol–water partition coefficient (Wildman–Crippen LogP) is 6.86. The lowest BCUT2D eigenvalue weighted by molar-refractivity contribution is 0.0910. The standard InChI is InChI=1S/C30H26ClFN4O2S/c1-17-5-6-19(27(37)35-30(2,3)20-9-11-21(31)12-10-20)15-23(17)24-16-36-26(28(38)33-4)25(34-29(36)39-24)18-7-13-22(32)14-8-18/h5-16H,1-4H3,(H,33,38)(H,35,37). The van der Waals surface area contributed by atoms with Crippen LogP contribution >= 0.6 is 22.9 Å². The van der Waals surface area contributed by atoms with Gasteiger partial charge in [0.25, 0.3) is 11.8 Å². The lowest BCUT2D eigenvalue weighted by Gasteiger charge is -2.27. The maximum Gasteiger partial charge on any atom is 0.270 e. The number of nitrogens with one attached hydrogen (secondary N) is 2. The molecule has 0 radical (unpaired) electrons. The number of hydrogen-bond donors (Lipinski definition) is 2. The molecule has 0 saturated heterocycles. The molecule has 0 unspecified atom stereocenters. The molecule has 2 N–H and O–H groups in total. The summed E-state index contributed by atoms with van der Waals surface area (Å²) >= 11 is 7.44. The molecule has 5 rings (SSSR count). The van der Waals surface area contributed by atoms with Crippen molar-refractivity contribution in [1.82, 2.24) is 20.0 Å². The fraction of sp³-hybridized carbons (Fsp3) is 0.167. The first kappa shape index (κ1) is 26.6. The summed E-state index contributed by atoms with van der Waals surface area (Å²) in [6.07, 6.45) is 1.85. The lowest BCUT2D eigenvalue weighted by Crippen LogP contribution is -2.41. The van der Waals surface area contributed by atoms with E-state index in [1.165, 1.54) is 23.5 Å². The first-order chi connectivity index (χ1) is 18.6. The Morgan fingerprint density at radius 2 is 1.69 bits per heavy atom. The van der Waals surface area contributed by atoms with Crippen molar-refractivity contribution >= 4 is 39.7 Å². The molecular weight excluding hydrogens is 535 g/mol. The summed E-state index contributed by atoms with van der Waals surface area (Å²) in [5.41, 5.74) is 4.16. The summed E-state index contributed by atoms with van der Waals surface area (Å²) in [7, 11) is 1.56. The van der Waals surface area contributed by atoms with Gasteiger partial charge in [0.2, 0.25) is 0 Å². The number of aryl methyl sites for hydroxylation is 1. The Kier molecular flexibility index (Phi) is 7.01. The van der Waals surface area contributed by atoms with Crippen molar-refractivity contribution in [2.24, 2.45) is 0 Å². The van der Waals surface area contributed by atoms with Gasteiger partial charge >= 0.3 is 0 Å². The van der Waals surface area contributed by atoms with Crippen LogP contribution in [-0.2, 0) is 5.54 Å². The van der Waals surface area contributed by atoms with Gasteiger partial charge in [-0.15, -0.1) is 0 Å². The molecule has 0 aliphatic rings. The van der Waals surface area contributed by atoms with Crippen molar-refractivity contribution in [3.63, 3.8) is 0 Å². The second-order valence-electron chi connectivity index (χ2n) is 9.76. The van der Waals surface area contributed by atoms with E-state index >= 15 is 0 Å². The van der Waals surface area contributed by atoms with Gasteiger partial charge < -0.3 is 10.6 Å². The summed E-state index contributed by atoms with van der Waals surface area (Å²) in [6.45, 7) is 5.86. The highest BCUT2D eigenvalue weighted by atomic mass is 35.5. The first-order valence-corrected chi connectivity index (χ1v) is 13.5. The maximum atomic E-state index is 13.5.